The van der Waals surface area contributed by atoms with E-state index in [0.29, 0.717) is 63.6 Å². The van der Waals surface area contributed by atoms with Crippen molar-refractivity contribution in [3.63, 3.8) is 0 Å². The van der Waals surface area contributed by atoms with Crippen LogP contribution in [0.5, 0.6) is 0 Å². The Morgan fingerprint density at radius 3 is 2.28 bits per heavy atom. The lowest BCUT2D eigenvalue weighted by atomic mass is 9.57. The van der Waals surface area contributed by atoms with Gasteiger partial charge in [0, 0.05) is 29.5 Å². The molecule has 11 heteroatoms. The van der Waals surface area contributed by atoms with Crippen LogP contribution >= 0.6 is 11.6 Å². The van der Waals surface area contributed by atoms with Gasteiger partial charge in [-0.1, -0.05) is 11.6 Å². The van der Waals surface area contributed by atoms with Gasteiger partial charge in [-0.15, -0.1) is 0 Å². The number of benzene rings is 1. The van der Waals surface area contributed by atoms with Gasteiger partial charge in [0.1, 0.15) is 5.69 Å². The van der Waals surface area contributed by atoms with Gasteiger partial charge in [0.15, 0.2) is 11.6 Å². The lowest BCUT2D eigenvalue weighted by Gasteiger charge is -2.51. The van der Waals surface area contributed by atoms with Crippen molar-refractivity contribution in [3.8, 4) is 0 Å². The number of hydrogen-bond acceptors (Lipinski definition) is 4. The fourth-order valence-electron chi connectivity index (χ4n) is 5.86. The minimum Gasteiger partial charge on any atom is -0.481 e. The van der Waals surface area contributed by atoms with Crippen molar-refractivity contribution in [2.75, 3.05) is 5.32 Å². The molecule has 2 aromatic rings. The number of amides is 2. The number of nitrogens with one attached hydrogen (secondary N) is 2. The molecule has 3 aliphatic carbocycles. The summed E-state index contributed by atoms with van der Waals surface area (Å²) in [6.07, 6.45) is 3.82. The Hall–Kier alpha value is -3.27. The second-order valence-corrected chi connectivity index (χ2v) is 10.3. The van der Waals surface area contributed by atoms with E-state index in [1.54, 1.807) is 4.57 Å². The molecule has 3 fully saturated rings. The van der Waals surface area contributed by atoms with Gasteiger partial charge in [0.25, 0.3) is 17.6 Å². The molecule has 0 saturated heterocycles. The van der Waals surface area contributed by atoms with E-state index in [-0.39, 0.29) is 22.0 Å². The fraction of sp³-hybridized carbons (Fsp3) is 0.440. The molecule has 0 spiro atoms. The third kappa shape index (κ3) is 3.87. The first kappa shape index (κ1) is 24.4. The smallest absolute Gasteiger partial charge is 0.309 e. The SMILES string of the molecule is O=C(NC12CCC(C(=O)O)(CC1)CC2)C(=O)c1c(Cl)c(C(=O)Nc2ccc(F)c(F)c2)c2n1CCC2. The van der Waals surface area contributed by atoms with Crippen molar-refractivity contribution >= 4 is 40.9 Å². The largest absolute Gasteiger partial charge is 0.481 e. The van der Waals surface area contributed by atoms with Crippen LogP contribution in [-0.2, 0) is 22.6 Å². The molecule has 0 atom stereocenters. The highest BCUT2D eigenvalue weighted by Gasteiger charge is 2.53. The third-order valence-corrected chi connectivity index (χ3v) is 8.38. The van der Waals surface area contributed by atoms with Crippen LogP contribution in [-0.4, -0.2) is 38.8 Å². The van der Waals surface area contributed by atoms with E-state index in [9.17, 15) is 33.1 Å². The molecule has 0 unspecified atom stereocenters. The molecule has 3 saturated carbocycles. The Balaban J connectivity index is 1.37. The summed E-state index contributed by atoms with van der Waals surface area (Å²) in [5.41, 5.74) is -0.933. The maximum Gasteiger partial charge on any atom is 0.309 e. The monoisotopic (exact) mass is 519 g/mol. The molecule has 1 aromatic carbocycles. The summed E-state index contributed by atoms with van der Waals surface area (Å²) >= 11 is 6.49. The molecule has 36 heavy (non-hydrogen) atoms. The average molecular weight is 520 g/mol. The Kier molecular flexibility index (Phi) is 5.89. The number of carboxylic acid groups (broad SMARTS) is 1. The van der Waals surface area contributed by atoms with Gasteiger partial charge in [-0.05, 0) is 63.5 Å². The normalized spacial score (nSPS) is 24.3. The standard InChI is InChI=1S/C25H24ClF2N3O5/c26-18-17(21(33)29-13-3-4-14(27)15(28)12-13)16-2-1-11-31(16)19(18)20(32)22(34)30-25-8-5-24(6-9-25,7-10-25)23(35)36/h3-4,12H,1-2,5-11H2,(H,29,33)(H,30,34)(H,35,36). The Labute approximate surface area is 210 Å². The number of carbonyl (C=O) groups excluding carboxylic acids is 3. The van der Waals surface area contributed by atoms with Crippen LogP contribution in [0.15, 0.2) is 18.2 Å². The number of carbonyl (C=O) groups is 4. The van der Waals surface area contributed by atoms with Crippen molar-refractivity contribution in [1.29, 1.82) is 0 Å². The van der Waals surface area contributed by atoms with Crippen LogP contribution in [0.4, 0.5) is 14.5 Å². The first-order valence-corrected chi connectivity index (χ1v) is 12.2. The number of carboxylic acids is 1. The summed E-state index contributed by atoms with van der Waals surface area (Å²) in [5.74, 6) is -5.41. The lowest BCUT2D eigenvalue weighted by Crippen LogP contribution is -2.59. The topological polar surface area (TPSA) is 118 Å². The molecular formula is C25H24ClF2N3O5. The van der Waals surface area contributed by atoms with E-state index in [0.717, 1.165) is 12.1 Å². The molecule has 2 amide bonds. The highest BCUT2D eigenvalue weighted by atomic mass is 35.5. The predicted octanol–water partition coefficient (Wildman–Crippen LogP) is 4.09. The number of halogens is 3. The maximum atomic E-state index is 13.6. The molecular weight excluding hydrogens is 496 g/mol. The second kappa shape index (κ2) is 8.69. The van der Waals surface area contributed by atoms with Gasteiger partial charge in [0.2, 0.25) is 0 Å². The van der Waals surface area contributed by atoms with Gasteiger partial charge in [-0.25, -0.2) is 8.78 Å². The molecule has 4 aliphatic rings. The number of rotatable bonds is 6. The minimum atomic E-state index is -1.13. The summed E-state index contributed by atoms with van der Waals surface area (Å²) in [6, 6.07) is 2.92. The number of anilines is 1. The molecule has 190 valence electrons. The summed E-state index contributed by atoms with van der Waals surface area (Å²) in [5, 5.41) is 14.7. The van der Waals surface area contributed by atoms with Gasteiger partial charge in [-0.2, -0.15) is 0 Å². The first-order valence-electron chi connectivity index (χ1n) is 11.8. The van der Waals surface area contributed by atoms with Crippen molar-refractivity contribution in [2.45, 2.75) is 63.5 Å². The quantitative estimate of drug-likeness (QED) is 0.392. The molecule has 0 radical (unpaired) electrons. The van der Waals surface area contributed by atoms with E-state index < -0.39 is 46.2 Å². The van der Waals surface area contributed by atoms with Crippen LogP contribution in [0.1, 0.15) is 71.5 Å². The number of aliphatic carboxylic acids is 1. The number of Topliss-reactive ketones (excluding diaryl/α,β-unsaturated/α-hetero) is 1. The number of nitrogens with zero attached hydrogens (tertiary/aromatic N) is 1. The van der Waals surface area contributed by atoms with Crippen LogP contribution < -0.4 is 10.6 Å². The highest BCUT2D eigenvalue weighted by Crippen LogP contribution is 2.52. The molecule has 8 nitrogen and oxygen atoms in total. The van der Waals surface area contributed by atoms with Crippen molar-refractivity contribution in [2.24, 2.45) is 5.41 Å². The summed E-state index contributed by atoms with van der Waals surface area (Å²) < 4.78 is 28.4. The summed E-state index contributed by atoms with van der Waals surface area (Å²) in [7, 11) is 0. The zero-order valence-electron chi connectivity index (χ0n) is 19.3. The van der Waals surface area contributed by atoms with Crippen LogP contribution in [0, 0.1) is 17.0 Å². The summed E-state index contributed by atoms with van der Waals surface area (Å²) in [6.45, 7) is 0.397. The highest BCUT2D eigenvalue weighted by molar-refractivity contribution is 6.48. The number of ketones is 1. The van der Waals surface area contributed by atoms with Crippen molar-refractivity contribution in [1.82, 2.24) is 9.88 Å². The van der Waals surface area contributed by atoms with Gasteiger partial charge >= 0.3 is 5.97 Å². The van der Waals surface area contributed by atoms with E-state index in [2.05, 4.69) is 10.6 Å². The van der Waals surface area contributed by atoms with E-state index >= 15 is 0 Å². The fourth-order valence-corrected chi connectivity index (χ4v) is 6.25. The Morgan fingerprint density at radius 2 is 1.67 bits per heavy atom. The van der Waals surface area contributed by atoms with Crippen LogP contribution in [0.2, 0.25) is 5.02 Å². The van der Waals surface area contributed by atoms with Crippen LogP contribution in [0.25, 0.3) is 0 Å². The Bertz CT molecular complexity index is 1300. The molecule has 6 rings (SSSR count). The van der Waals surface area contributed by atoms with E-state index in [4.69, 9.17) is 11.6 Å². The number of hydrogen-bond donors (Lipinski definition) is 3. The zero-order valence-corrected chi connectivity index (χ0v) is 20.0. The predicted molar refractivity (Wildman–Crippen MR) is 125 cm³/mol. The first-order chi connectivity index (χ1) is 17.1. The van der Waals surface area contributed by atoms with Crippen LogP contribution in [0.3, 0.4) is 0 Å². The van der Waals surface area contributed by atoms with Gasteiger partial charge in [0.05, 0.1) is 16.0 Å². The van der Waals surface area contributed by atoms with E-state index in [1.807, 2.05) is 0 Å². The zero-order chi connectivity index (χ0) is 25.8. The van der Waals surface area contributed by atoms with Crippen molar-refractivity contribution in [3.05, 3.63) is 51.8 Å². The second-order valence-electron chi connectivity index (χ2n) is 9.97. The minimum absolute atomic E-state index is 0.0182. The molecule has 3 N–H and O–H groups in total. The molecule has 1 aliphatic heterocycles. The Morgan fingerprint density at radius 1 is 1.00 bits per heavy atom. The van der Waals surface area contributed by atoms with Crippen molar-refractivity contribution < 1.29 is 33.1 Å². The summed E-state index contributed by atoms with van der Waals surface area (Å²) in [4.78, 5) is 51.0. The number of fused-ring (bicyclic) bond motifs is 4. The number of aromatic nitrogens is 1. The lowest BCUT2D eigenvalue weighted by molar-refractivity contribution is -0.156. The average Bonchev–Trinajstić information content (AvgIpc) is 3.41. The van der Waals surface area contributed by atoms with E-state index in [1.165, 1.54) is 6.07 Å². The van der Waals surface area contributed by atoms with Gasteiger partial charge < -0.3 is 20.3 Å². The third-order valence-electron chi connectivity index (χ3n) is 8.01. The molecule has 2 bridgehead atoms. The maximum absolute atomic E-state index is 13.6. The molecule has 2 heterocycles. The molecule has 1 aromatic heterocycles. The van der Waals surface area contributed by atoms with Gasteiger partial charge in [-0.3, -0.25) is 19.2 Å².